The highest BCUT2D eigenvalue weighted by Crippen LogP contribution is 2.17. The molecule has 0 aliphatic carbocycles. The second-order valence-electron chi connectivity index (χ2n) is 4.98. The van der Waals surface area contributed by atoms with E-state index in [0.29, 0.717) is 0 Å². The molecular weight excluding hydrogens is 241 g/mol. The summed E-state index contributed by atoms with van der Waals surface area (Å²) in [7, 11) is 1.94. The van der Waals surface area contributed by atoms with Crippen molar-refractivity contribution in [3.8, 4) is 0 Å². The van der Waals surface area contributed by atoms with Crippen molar-refractivity contribution in [2.24, 2.45) is 7.05 Å². The van der Waals surface area contributed by atoms with E-state index in [4.69, 9.17) is 0 Å². The second-order valence-corrected chi connectivity index (χ2v) is 4.98. The van der Waals surface area contributed by atoms with Gasteiger partial charge in [-0.15, -0.1) is 0 Å². The standard InChI is InChI=1S/C15H20FN3/c1-10-7-14(16)6-5-13(10)8-17-11(2)15-9-18-19(4)12(15)3/h5-7,9,11,17H,8H2,1-4H3. The van der Waals surface area contributed by atoms with Gasteiger partial charge in [0.15, 0.2) is 0 Å². The third kappa shape index (κ3) is 3.01. The zero-order chi connectivity index (χ0) is 14.0. The van der Waals surface area contributed by atoms with E-state index in [1.54, 1.807) is 6.07 Å². The Morgan fingerprint density at radius 1 is 1.37 bits per heavy atom. The Kier molecular flexibility index (Phi) is 4.00. The summed E-state index contributed by atoms with van der Waals surface area (Å²) in [5.74, 6) is -0.183. The molecule has 0 aliphatic rings. The van der Waals surface area contributed by atoms with Crippen molar-refractivity contribution in [2.75, 3.05) is 0 Å². The lowest BCUT2D eigenvalue weighted by atomic mass is 10.1. The summed E-state index contributed by atoms with van der Waals surface area (Å²) in [5.41, 5.74) is 4.45. The lowest BCUT2D eigenvalue weighted by molar-refractivity contribution is 0.567. The number of hydrogen-bond acceptors (Lipinski definition) is 2. The molecule has 0 spiro atoms. The molecule has 19 heavy (non-hydrogen) atoms. The first kappa shape index (κ1) is 13.7. The third-order valence-electron chi connectivity index (χ3n) is 3.64. The molecule has 1 unspecified atom stereocenters. The number of rotatable bonds is 4. The summed E-state index contributed by atoms with van der Waals surface area (Å²) in [4.78, 5) is 0. The van der Waals surface area contributed by atoms with Crippen molar-refractivity contribution in [3.05, 3.63) is 52.6 Å². The molecule has 3 nitrogen and oxygen atoms in total. The Hall–Kier alpha value is -1.68. The van der Waals surface area contributed by atoms with Crippen LogP contribution in [-0.2, 0) is 13.6 Å². The smallest absolute Gasteiger partial charge is 0.123 e. The van der Waals surface area contributed by atoms with Gasteiger partial charge in [0.25, 0.3) is 0 Å². The summed E-state index contributed by atoms with van der Waals surface area (Å²) in [6, 6.07) is 5.12. The molecule has 1 atom stereocenters. The molecule has 0 fully saturated rings. The van der Waals surface area contributed by atoms with Crippen LogP contribution in [0.4, 0.5) is 4.39 Å². The highest BCUT2D eigenvalue weighted by atomic mass is 19.1. The van der Waals surface area contributed by atoms with Gasteiger partial charge in [0, 0.05) is 30.9 Å². The van der Waals surface area contributed by atoms with Gasteiger partial charge < -0.3 is 5.32 Å². The van der Waals surface area contributed by atoms with Crippen LogP contribution in [0.1, 0.15) is 35.3 Å². The van der Waals surface area contributed by atoms with Gasteiger partial charge in [-0.25, -0.2) is 4.39 Å². The minimum atomic E-state index is -0.183. The van der Waals surface area contributed by atoms with Crippen LogP contribution < -0.4 is 5.32 Å². The molecule has 1 heterocycles. The Bertz CT molecular complexity index is 575. The van der Waals surface area contributed by atoms with Gasteiger partial charge in [0.05, 0.1) is 6.20 Å². The monoisotopic (exact) mass is 261 g/mol. The number of nitrogens with one attached hydrogen (secondary N) is 1. The van der Waals surface area contributed by atoms with Crippen LogP contribution in [0.3, 0.4) is 0 Å². The SMILES string of the molecule is Cc1cc(F)ccc1CNC(C)c1cnn(C)c1C. The first-order valence-electron chi connectivity index (χ1n) is 6.46. The predicted molar refractivity (Wildman–Crippen MR) is 74.3 cm³/mol. The minimum Gasteiger partial charge on any atom is -0.306 e. The molecule has 0 saturated carbocycles. The minimum absolute atomic E-state index is 0.183. The summed E-state index contributed by atoms with van der Waals surface area (Å²) < 4.78 is 14.9. The summed E-state index contributed by atoms with van der Waals surface area (Å²) in [6.07, 6.45) is 1.89. The Labute approximate surface area is 113 Å². The van der Waals surface area contributed by atoms with Gasteiger partial charge >= 0.3 is 0 Å². The van der Waals surface area contributed by atoms with Gasteiger partial charge in [-0.3, -0.25) is 4.68 Å². The van der Waals surface area contributed by atoms with Crippen molar-refractivity contribution in [2.45, 2.75) is 33.4 Å². The van der Waals surface area contributed by atoms with Crippen molar-refractivity contribution in [3.63, 3.8) is 0 Å². The fourth-order valence-electron chi connectivity index (χ4n) is 2.17. The topological polar surface area (TPSA) is 29.9 Å². The van der Waals surface area contributed by atoms with Crippen molar-refractivity contribution >= 4 is 0 Å². The zero-order valence-electron chi connectivity index (χ0n) is 11.9. The molecule has 2 rings (SSSR count). The Morgan fingerprint density at radius 2 is 2.11 bits per heavy atom. The van der Waals surface area contributed by atoms with Gasteiger partial charge in [0.1, 0.15) is 5.82 Å². The second kappa shape index (κ2) is 5.53. The predicted octanol–water partition coefficient (Wildman–Crippen LogP) is 3.03. The number of nitrogens with zero attached hydrogens (tertiary/aromatic N) is 2. The average Bonchev–Trinajstić information content (AvgIpc) is 2.69. The van der Waals surface area contributed by atoms with Gasteiger partial charge in [-0.05, 0) is 44.0 Å². The normalized spacial score (nSPS) is 12.7. The molecule has 1 aromatic carbocycles. The zero-order valence-corrected chi connectivity index (χ0v) is 11.9. The lowest BCUT2D eigenvalue weighted by Gasteiger charge is -2.15. The molecule has 102 valence electrons. The van der Waals surface area contributed by atoms with Crippen LogP contribution in [0, 0.1) is 19.7 Å². The van der Waals surface area contributed by atoms with Gasteiger partial charge in [-0.1, -0.05) is 6.07 Å². The average molecular weight is 261 g/mol. The highest BCUT2D eigenvalue weighted by molar-refractivity contribution is 5.27. The Morgan fingerprint density at radius 3 is 2.68 bits per heavy atom. The van der Waals surface area contributed by atoms with E-state index >= 15 is 0 Å². The molecule has 1 aromatic heterocycles. The third-order valence-corrected chi connectivity index (χ3v) is 3.64. The maximum Gasteiger partial charge on any atom is 0.123 e. The summed E-state index contributed by atoms with van der Waals surface area (Å²) in [6.45, 7) is 6.83. The molecule has 1 N–H and O–H groups in total. The van der Waals surface area contributed by atoms with Crippen LogP contribution >= 0.6 is 0 Å². The van der Waals surface area contributed by atoms with Crippen molar-refractivity contribution < 1.29 is 4.39 Å². The Balaban J connectivity index is 2.04. The molecule has 0 amide bonds. The molecule has 2 aromatic rings. The quantitative estimate of drug-likeness (QED) is 0.916. The molecule has 0 aliphatic heterocycles. The van der Waals surface area contributed by atoms with Crippen LogP contribution in [0.2, 0.25) is 0 Å². The van der Waals surface area contributed by atoms with Crippen LogP contribution in [0.25, 0.3) is 0 Å². The molecule has 0 saturated heterocycles. The van der Waals surface area contributed by atoms with E-state index in [2.05, 4.69) is 24.3 Å². The largest absolute Gasteiger partial charge is 0.306 e. The molecular formula is C15H20FN3. The number of benzene rings is 1. The van der Waals surface area contributed by atoms with Gasteiger partial charge in [-0.2, -0.15) is 5.10 Å². The maximum atomic E-state index is 13.0. The molecule has 0 bridgehead atoms. The molecule has 4 heteroatoms. The van der Waals surface area contributed by atoms with E-state index in [1.807, 2.05) is 30.9 Å². The number of hydrogen-bond donors (Lipinski definition) is 1. The van der Waals surface area contributed by atoms with E-state index in [0.717, 1.165) is 23.4 Å². The number of aromatic nitrogens is 2. The number of aryl methyl sites for hydroxylation is 2. The van der Waals surface area contributed by atoms with Crippen molar-refractivity contribution in [1.29, 1.82) is 0 Å². The van der Waals surface area contributed by atoms with E-state index in [9.17, 15) is 4.39 Å². The van der Waals surface area contributed by atoms with Crippen LogP contribution in [-0.4, -0.2) is 9.78 Å². The highest BCUT2D eigenvalue weighted by Gasteiger charge is 2.11. The van der Waals surface area contributed by atoms with Gasteiger partial charge in [0.2, 0.25) is 0 Å². The summed E-state index contributed by atoms with van der Waals surface area (Å²) >= 11 is 0. The molecule has 0 radical (unpaired) electrons. The van der Waals surface area contributed by atoms with Crippen LogP contribution in [0.5, 0.6) is 0 Å². The summed E-state index contributed by atoms with van der Waals surface area (Å²) in [5, 5.41) is 7.70. The van der Waals surface area contributed by atoms with E-state index < -0.39 is 0 Å². The van der Waals surface area contributed by atoms with E-state index in [1.165, 1.54) is 11.6 Å². The van der Waals surface area contributed by atoms with Crippen LogP contribution in [0.15, 0.2) is 24.4 Å². The lowest BCUT2D eigenvalue weighted by Crippen LogP contribution is -2.19. The van der Waals surface area contributed by atoms with E-state index in [-0.39, 0.29) is 11.9 Å². The first-order chi connectivity index (χ1) is 8.99. The van der Waals surface area contributed by atoms with Crippen molar-refractivity contribution in [1.82, 2.24) is 15.1 Å². The first-order valence-corrected chi connectivity index (χ1v) is 6.46. The fraction of sp³-hybridized carbons (Fsp3) is 0.400. The maximum absolute atomic E-state index is 13.0. The fourth-order valence-corrected chi connectivity index (χ4v) is 2.17. The number of halogens is 1.